The Morgan fingerprint density at radius 2 is 1.74 bits per heavy atom. The number of hydrogen-bond donors (Lipinski definition) is 2. The molecule has 0 bridgehead atoms. The molecule has 0 saturated heterocycles. The van der Waals surface area contributed by atoms with Gasteiger partial charge in [-0.15, -0.1) is 0 Å². The molecule has 1 fully saturated rings. The molecule has 7 heteroatoms. The van der Waals surface area contributed by atoms with Crippen LogP contribution in [0.1, 0.15) is 58.8 Å². The Morgan fingerprint density at radius 1 is 1.13 bits per heavy atom. The molecule has 132 valence electrons. The maximum absolute atomic E-state index is 12.2. The van der Waals surface area contributed by atoms with Gasteiger partial charge in [-0.3, -0.25) is 14.4 Å². The van der Waals surface area contributed by atoms with Gasteiger partial charge in [0.05, 0.1) is 5.92 Å². The maximum atomic E-state index is 12.2. The van der Waals surface area contributed by atoms with E-state index in [0.717, 1.165) is 0 Å². The van der Waals surface area contributed by atoms with E-state index >= 15 is 0 Å². The van der Waals surface area contributed by atoms with Crippen LogP contribution < -0.4 is 5.73 Å². The van der Waals surface area contributed by atoms with Crippen LogP contribution in [0.25, 0.3) is 0 Å². The van der Waals surface area contributed by atoms with Crippen LogP contribution >= 0.6 is 0 Å². The van der Waals surface area contributed by atoms with E-state index in [1.165, 1.54) is 0 Å². The fourth-order valence-electron chi connectivity index (χ4n) is 2.73. The van der Waals surface area contributed by atoms with Crippen molar-refractivity contribution < 1.29 is 29.0 Å². The minimum Gasteiger partial charge on any atom is -0.481 e. The van der Waals surface area contributed by atoms with Crippen LogP contribution in [-0.4, -0.2) is 35.3 Å². The van der Waals surface area contributed by atoms with E-state index in [2.05, 4.69) is 0 Å². The Bertz CT molecular complexity index is 417. The number of ether oxygens (including phenoxy) is 2. The molecule has 0 aromatic rings. The molecule has 0 spiro atoms. The second-order valence-electron chi connectivity index (χ2n) is 5.97. The van der Waals surface area contributed by atoms with E-state index in [1.807, 2.05) is 6.92 Å². The van der Waals surface area contributed by atoms with E-state index in [0.29, 0.717) is 38.5 Å². The topological polar surface area (TPSA) is 116 Å². The van der Waals surface area contributed by atoms with E-state index in [1.54, 1.807) is 6.92 Å². The summed E-state index contributed by atoms with van der Waals surface area (Å²) in [6.45, 7) is 3.56. The highest BCUT2D eigenvalue weighted by molar-refractivity contribution is 5.76. The summed E-state index contributed by atoms with van der Waals surface area (Å²) in [6, 6.07) is -0.815. The zero-order valence-electron chi connectivity index (χ0n) is 13.8. The second kappa shape index (κ2) is 9.50. The van der Waals surface area contributed by atoms with Crippen molar-refractivity contribution in [2.75, 3.05) is 0 Å². The van der Waals surface area contributed by atoms with Gasteiger partial charge in [0.1, 0.15) is 6.04 Å². The van der Waals surface area contributed by atoms with Gasteiger partial charge in [0.2, 0.25) is 6.29 Å². The maximum Gasteiger partial charge on any atom is 0.326 e. The number of carbonyl (C=O) groups excluding carboxylic acids is 2. The van der Waals surface area contributed by atoms with Crippen LogP contribution in [0.5, 0.6) is 0 Å². The lowest BCUT2D eigenvalue weighted by Crippen LogP contribution is -2.43. The quantitative estimate of drug-likeness (QED) is 0.515. The Balaban J connectivity index is 2.51. The molecule has 23 heavy (non-hydrogen) atoms. The molecule has 7 nitrogen and oxygen atoms in total. The standard InChI is InChI=1S/C16H27NO6/c1-3-5-13(22-12(18)4-2)23-16(21)14(17)10-6-8-11(9-7-10)15(19)20/h10-11,13-14H,3-9,17H2,1-2H3,(H,19,20)/t10-,11-,13?,14?. The molecule has 1 aliphatic rings. The first-order valence-corrected chi connectivity index (χ1v) is 8.27. The highest BCUT2D eigenvalue weighted by atomic mass is 16.7. The summed E-state index contributed by atoms with van der Waals surface area (Å²) in [5.41, 5.74) is 5.96. The van der Waals surface area contributed by atoms with Gasteiger partial charge in [-0.1, -0.05) is 13.8 Å². The molecular formula is C16H27NO6. The zero-order valence-corrected chi connectivity index (χ0v) is 13.8. The fourth-order valence-corrected chi connectivity index (χ4v) is 2.73. The molecule has 0 aromatic heterocycles. The number of carbonyl (C=O) groups is 3. The summed E-state index contributed by atoms with van der Waals surface area (Å²) in [5.74, 6) is -2.26. The van der Waals surface area contributed by atoms with Gasteiger partial charge in [-0.05, 0) is 38.0 Å². The lowest BCUT2D eigenvalue weighted by molar-refractivity contribution is -0.190. The highest BCUT2D eigenvalue weighted by Crippen LogP contribution is 2.31. The van der Waals surface area contributed by atoms with Gasteiger partial charge in [-0.2, -0.15) is 0 Å². The van der Waals surface area contributed by atoms with E-state index in [9.17, 15) is 14.4 Å². The average Bonchev–Trinajstić information content (AvgIpc) is 2.54. The Hall–Kier alpha value is -1.63. The number of carboxylic acids is 1. The third-order valence-corrected chi connectivity index (χ3v) is 4.22. The molecule has 2 atom stereocenters. The molecule has 0 amide bonds. The normalized spacial score (nSPS) is 23.6. The highest BCUT2D eigenvalue weighted by Gasteiger charge is 2.34. The van der Waals surface area contributed by atoms with Gasteiger partial charge in [0.15, 0.2) is 0 Å². The molecule has 0 aromatic carbocycles. The molecule has 1 aliphatic carbocycles. The van der Waals surface area contributed by atoms with Crippen molar-refractivity contribution in [3.8, 4) is 0 Å². The van der Waals surface area contributed by atoms with Crippen LogP contribution in [0.4, 0.5) is 0 Å². The minimum absolute atomic E-state index is 0.0951. The summed E-state index contributed by atoms with van der Waals surface area (Å²) in [5, 5.41) is 8.99. The smallest absolute Gasteiger partial charge is 0.326 e. The molecule has 1 rings (SSSR count). The van der Waals surface area contributed by atoms with Crippen molar-refractivity contribution in [1.29, 1.82) is 0 Å². The zero-order chi connectivity index (χ0) is 17.4. The summed E-state index contributed by atoms with van der Waals surface area (Å²) >= 11 is 0. The van der Waals surface area contributed by atoms with Crippen molar-refractivity contribution >= 4 is 17.9 Å². The molecule has 3 N–H and O–H groups in total. The number of rotatable bonds is 8. The van der Waals surface area contributed by atoms with Crippen molar-refractivity contribution in [3.63, 3.8) is 0 Å². The predicted molar refractivity (Wildman–Crippen MR) is 82.2 cm³/mol. The van der Waals surface area contributed by atoms with E-state index < -0.39 is 30.2 Å². The first kappa shape index (κ1) is 19.4. The first-order chi connectivity index (χ1) is 10.9. The summed E-state index contributed by atoms with van der Waals surface area (Å²) in [4.78, 5) is 34.4. The van der Waals surface area contributed by atoms with Gasteiger partial charge in [0, 0.05) is 12.8 Å². The summed E-state index contributed by atoms with van der Waals surface area (Å²) < 4.78 is 10.3. The van der Waals surface area contributed by atoms with Crippen molar-refractivity contribution in [1.82, 2.24) is 0 Å². The second-order valence-corrected chi connectivity index (χ2v) is 5.97. The Morgan fingerprint density at radius 3 is 2.22 bits per heavy atom. The Kier molecular flexibility index (Phi) is 8.02. The molecule has 0 radical (unpaired) electrons. The van der Waals surface area contributed by atoms with Crippen molar-refractivity contribution in [2.24, 2.45) is 17.6 Å². The number of esters is 2. The monoisotopic (exact) mass is 329 g/mol. The number of hydrogen-bond acceptors (Lipinski definition) is 6. The minimum atomic E-state index is -0.902. The molecule has 1 saturated carbocycles. The first-order valence-electron chi connectivity index (χ1n) is 8.27. The third kappa shape index (κ3) is 6.17. The fraction of sp³-hybridized carbons (Fsp3) is 0.812. The Labute approximate surface area is 136 Å². The van der Waals surface area contributed by atoms with E-state index in [4.69, 9.17) is 20.3 Å². The van der Waals surface area contributed by atoms with Crippen molar-refractivity contribution in [3.05, 3.63) is 0 Å². The lowest BCUT2D eigenvalue weighted by Gasteiger charge is -2.30. The molecular weight excluding hydrogens is 302 g/mol. The van der Waals surface area contributed by atoms with Gasteiger partial charge in [-0.25, -0.2) is 0 Å². The van der Waals surface area contributed by atoms with E-state index in [-0.39, 0.29) is 18.3 Å². The lowest BCUT2D eigenvalue weighted by atomic mass is 9.79. The molecule has 2 unspecified atom stereocenters. The van der Waals surface area contributed by atoms with Crippen molar-refractivity contribution in [2.45, 2.75) is 71.1 Å². The van der Waals surface area contributed by atoms with Crippen LogP contribution in [0.15, 0.2) is 0 Å². The van der Waals surface area contributed by atoms with Crippen LogP contribution in [-0.2, 0) is 23.9 Å². The van der Waals surface area contributed by atoms with Crippen LogP contribution in [0, 0.1) is 11.8 Å². The average molecular weight is 329 g/mol. The van der Waals surface area contributed by atoms with Crippen LogP contribution in [0.2, 0.25) is 0 Å². The van der Waals surface area contributed by atoms with Gasteiger partial charge < -0.3 is 20.3 Å². The predicted octanol–water partition coefficient (Wildman–Crippen LogP) is 1.83. The SMILES string of the molecule is CCCC(OC(=O)CC)OC(=O)C(N)[C@H]1CC[C@H](C(=O)O)CC1. The van der Waals surface area contributed by atoms with Gasteiger partial charge >= 0.3 is 17.9 Å². The number of carboxylic acid groups (broad SMARTS) is 1. The third-order valence-electron chi connectivity index (χ3n) is 4.22. The molecule has 0 aliphatic heterocycles. The molecule has 0 heterocycles. The summed E-state index contributed by atoms with van der Waals surface area (Å²) in [7, 11) is 0. The summed E-state index contributed by atoms with van der Waals surface area (Å²) in [6.07, 6.45) is 2.64. The number of nitrogens with two attached hydrogens (primary N) is 1. The van der Waals surface area contributed by atoms with Gasteiger partial charge in [0.25, 0.3) is 0 Å². The van der Waals surface area contributed by atoms with Crippen LogP contribution in [0.3, 0.4) is 0 Å². The largest absolute Gasteiger partial charge is 0.481 e. The number of aliphatic carboxylic acids is 1.